The normalized spacial score (nSPS) is 12.1. The van der Waals surface area contributed by atoms with E-state index in [1.807, 2.05) is 0 Å². The summed E-state index contributed by atoms with van der Waals surface area (Å²) in [6.07, 6.45) is -0.275. The number of phenolic OH excluding ortho intramolecular Hbond substituents is 1. The fourth-order valence-electron chi connectivity index (χ4n) is 5.80. The third kappa shape index (κ3) is 7.95. The van der Waals surface area contributed by atoms with Crippen LogP contribution in [-0.2, 0) is 20.2 Å². The van der Waals surface area contributed by atoms with E-state index in [0.717, 1.165) is 18.5 Å². The maximum absolute atomic E-state index is 14.6. The van der Waals surface area contributed by atoms with Crippen LogP contribution in [0.15, 0.2) is 99.1 Å². The molecule has 0 amide bonds. The van der Waals surface area contributed by atoms with E-state index in [9.17, 15) is 44.2 Å². The van der Waals surface area contributed by atoms with Crippen LogP contribution in [0.5, 0.6) is 5.75 Å². The molecule has 290 valence electrons. The number of aromatic nitrogens is 5. The number of halogens is 3. The van der Waals surface area contributed by atoms with Gasteiger partial charge in [-0.25, -0.2) is 9.97 Å². The third-order valence-corrected chi connectivity index (χ3v) is 10.2. The van der Waals surface area contributed by atoms with E-state index >= 15 is 0 Å². The van der Waals surface area contributed by atoms with Crippen molar-refractivity contribution < 1.29 is 44.2 Å². The Morgan fingerprint density at radius 3 is 2.12 bits per heavy atom. The Morgan fingerprint density at radius 2 is 1.39 bits per heavy atom. The van der Waals surface area contributed by atoms with E-state index in [2.05, 4.69) is 51.1 Å². The van der Waals surface area contributed by atoms with Crippen LogP contribution < -0.4 is 16.0 Å². The second-order valence-electron chi connectivity index (χ2n) is 12.2. The topological polar surface area (TPSA) is 254 Å². The average molecular weight is 819 g/mol. The van der Waals surface area contributed by atoms with Gasteiger partial charge in [0.15, 0.2) is 11.6 Å². The van der Waals surface area contributed by atoms with Crippen LogP contribution in [-0.4, -0.2) is 56.0 Å². The van der Waals surface area contributed by atoms with Crippen LogP contribution in [0.25, 0.3) is 21.5 Å². The molecule has 0 fully saturated rings. The maximum atomic E-state index is 14.6. The standard InChI is InChI=1S/C35H25F3N10O7S2/c1-16-6-7-20(41-32-27(36)31(37)39-15-40-32)14-25(16)43-35-45-33(38)44-34(46-35)42-19-8-9-21-18(13-19)12-17(2)28(29(21)49)48-47-24-11-10-22-23(30(24)57(53,54)55)4-3-5-26(22)56(50,51)52/h3-15,49H,1-2H3,(H,39,40,41)(H,50,51,52)(H,53,54,55)(H2,42,43,44,45,46). The van der Waals surface area contributed by atoms with E-state index in [1.165, 1.54) is 36.4 Å². The van der Waals surface area contributed by atoms with Crippen molar-refractivity contribution in [3.8, 4) is 5.75 Å². The van der Waals surface area contributed by atoms with Gasteiger partial charge >= 0.3 is 6.08 Å². The Hall–Kier alpha value is -6.88. The van der Waals surface area contributed by atoms with Crippen molar-refractivity contribution in [1.82, 2.24) is 24.9 Å². The zero-order chi connectivity index (χ0) is 40.8. The summed E-state index contributed by atoms with van der Waals surface area (Å²) in [5, 5.41) is 28.0. The van der Waals surface area contributed by atoms with E-state index < -0.39 is 53.7 Å². The van der Waals surface area contributed by atoms with E-state index in [4.69, 9.17) is 0 Å². The van der Waals surface area contributed by atoms with Gasteiger partial charge in [0.1, 0.15) is 27.5 Å². The molecule has 2 aromatic heterocycles. The van der Waals surface area contributed by atoms with Gasteiger partial charge < -0.3 is 21.1 Å². The SMILES string of the molecule is Cc1ccc(Nc2ncnc(F)c2F)cc1Nc1nc(F)nc(Nc2ccc3c(O)c(N=Nc4ccc5c(S(=O)(=O)O)cccc5c4S(=O)(=O)O)c(C)cc3c2)n1. The van der Waals surface area contributed by atoms with Gasteiger partial charge in [-0.2, -0.15) is 45.0 Å². The number of nitrogens with zero attached hydrogens (tertiary/aromatic N) is 7. The van der Waals surface area contributed by atoms with Gasteiger partial charge in [0.25, 0.3) is 26.2 Å². The van der Waals surface area contributed by atoms with Crippen LogP contribution in [0.1, 0.15) is 11.1 Å². The predicted octanol–water partition coefficient (Wildman–Crippen LogP) is 7.85. The molecule has 5 aromatic carbocycles. The number of fused-ring (bicyclic) bond motifs is 2. The van der Waals surface area contributed by atoms with Gasteiger partial charge in [-0.3, -0.25) is 9.11 Å². The molecule has 0 aliphatic carbocycles. The molecular weight excluding hydrogens is 794 g/mol. The molecule has 0 aliphatic rings. The Bertz CT molecular complexity index is 3050. The smallest absolute Gasteiger partial charge is 0.315 e. The summed E-state index contributed by atoms with van der Waals surface area (Å²) < 4.78 is 111. The van der Waals surface area contributed by atoms with Gasteiger partial charge in [-0.1, -0.05) is 24.3 Å². The molecule has 0 saturated carbocycles. The highest BCUT2D eigenvalue weighted by Gasteiger charge is 2.24. The molecule has 0 saturated heterocycles. The number of phenols is 1. The van der Waals surface area contributed by atoms with Gasteiger partial charge in [-0.15, -0.1) is 10.2 Å². The molecule has 17 nitrogen and oxygen atoms in total. The van der Waals surface area contributed by atoms with Crippen molar-refractivity contribution >= 4 is 87.9 Å². The number of hydrogen-bond acceptors (Lipinski definition) is 15. The van der Waals surface area contributed by atoms with Gasteiger partial charge in [0, 0.05) is 33.2 Å². The molecule has 0 radical (unpaired) electrons. The Labute approximate surface area is 319 Å². The molecule has 0 aliphatic heterocycles. The van der Waals surface area contributed by atoms with Crippen molar-refractivity contribution in [3.63, 3.8) is 0 Å². The summed E-state index contributed by atoms with van der Waals surface area (Å²) >= 11 is 0. The minimum atomic E-state index is -5.02. The van der Waals surface area contributed by atoms with Crippen molar-refractivity contribution in [2.45, 2.75) is 23.6 Å². The maximum Gasteiger partial charge on any atom is 0.315 e. The summed E-state index contributed by atoms with van der Waals surface area (Å²) in [5.41, 5.74) is 1.66. The lowest BCUT2D eigenvalue weighted by Gasteiger charge is -2.13. The van der Waals surface area contributed by atoms with Crippen molar-refractivity contribution in [1.29, 1.82) is 0 Å². The van der Waals surface area contributed by atoms with E-state index in [-0.39, 0.29) is 45.2 Å². The molecular formula is C35H25F3N10O7S2. The molecule has 0 atom stereocenters. The number of anilines is 6. The molecule has 57 heavy (non-hydrogen) atoms. The molecule has 7 aromatic rings. The van der Waals surface area contributed by atoms with Crippen LogP contribution in [0.2, 0.25) is 0 Å². The van der Waals surface area contributed by atoms with Crippen LogP contribution >= 0.6 is 0 Å². The lowest BCUT2D eigenvalue weighted by atomic mass is 10.0. The van der Waals surface area contributed by atoms with E-state index in [0.29, 0.717) is 33.6 Å². The molecule has 6 N–H and O–H groups in total. The zero-order valence-corrected chi connectivity index (χ0v) is 30.7. The first kappa shape index (κ1) is 38.4. The third-order valence-electron chi connectivity index (χ3n) is 8.38. The van der Waals surface area contributed by atoms with Gasteiger partial charge in [-0.05, 0) is 78.9 Å². The van der Waals surface area contributed by atoms with Crippen LogP contribution in [0.3, 0.4) is 0 Å². The highest BCUT2D eigenvalue weighted by Crippen LogP contribution is 2.41. The van der Waals surface area contributed by atoms with Crippen LogP contribution in [0, 0.1) is 31.7 Å². The second-order valence-corrected chi connectivity index (χ2v) is 15.0. The number of rotatable bonds is 10. The number of nitrogens with one attached hydrogen (secondary N) is 3. The second kappa shape index (κ2) is 14.6. The highest BCUT2D eigenvalue weighted by molar-refractivity contribution is 7.86. The Balaban J connectivity index is 1.15. The Morgan fingerprint density at radius 1 is 0.684 bits per heavy atom. The summed E-state index contributed by atoms with van der Waals surface area (Å²) in [4.78, 5) is 17.1. The first-order valence-corrected chi connectivity index (χ1v) is 19.0. The first-order valence-electron chi connectivity index (χ1n) is 16.1. The first-order chi connectivity index (χ1) is 27.0. The van der Waals surface area contributed by atoms with E-state index in [1.54, 1.807) is 38.1 Å². The predicted molar refractivity (Wildman–Crippen MR) is 201 cm³/mol. The lowest BCUT2D eigenvalue weighted by Crippen LogP contribution is -2.07. The fraction of sp³-hybridized carbons (Fsp3) is 0.0571. The number of azo groups is 1. The molecule has 0 unspecified atom stereocenters. The minimum Gasteiger partial charge on any atom is -0.505 e. The number of hydrogen-bond donors (Lipinski definition) is 6. The molecule has 0 bridgehead atoms. The summed E-state index contributed by atoms with van der Waals surface area (Å²) in [6, 6.07) is 16.7. The van der Waals surface area contributed by atoms with Gasteiger partial charge in [0.05, 0.1) is 0 Å². The average Bonchev–Trinajstić information content (AvgIpc) is 3.13. The Kier molecular flexibility index (Phi) is 9.87. The molecule has 0 spiro atoms. The molecule has 22 heteroatoms. The quantitative estimate of drug-likeness (QED) is 0.0436. The number of aromatic hydroxyl groups is 1. The van der Waals surface area contributed by atoms with Crippen molar-refractivity contribution in [2.24, 2.45) is 10.2 Å². The molecule has 7 rings (SSSR count). The van der Waals surface area contributed by atoms with Gasteiger partial charge in [0.2, 0.25) is 17.7 Å². The minimum absolute atomic E-state index is 0.0598. The highest BCUT2D eigenvalue weighted by atomic mass is 32.2. The number of aryl methyl sites for hydroxylation is 2. The number of benzene rings is 5. The van der Waals surface area contributed by atoms with Crippen LogP contribution in [0.4, 0.5) is 59.3 Å². The monoisotopic (exact) mass is 818 g/mol. The zero-order valence-electron chi connectivity index (χ0n) is 29.1. The lowest BCUT2D eigenvalue weighted by molar-refractivity contribution is 0.476. The summed E-state index contributed by atoms with van der Waals surface area (Å²) in [5.74, 6) is -3.74. The van der Waals surface area contributed by atoms with Crippen molar-refractivity contribution in [2.75, 3.05) is 16.0 Å². The largest absolute Gasteiger partial charge is 0.505 e. The summed E-state index contributed by atoms with van der Waals surface area (Å²) in [6.45, 7) is 3.32. The van der Waals surface area contributed by atoms with Crippen molar-refractivity contribution in [3.05, 3.63) is 108 Å². The summed E-state index contributed by atoms with van der Waals surface area (Å²) in [7, 11) is -9.78. The fourth-order valence-corrected chi connectivity index (χ4v) is 7.34. The molecule has 2 heterocycles.